The summed E-state index contributed by atoms with van der Waals surface area (Å²) in [5.41, 5.74) is 0.351. The van der Waals surface area contributed by atoms with Crippen LogP contribution < -0.4 is 10.6 Å². The number of rotatable bonds is 3. The Morgan fingerprint density at radius 1 is 1.44 bits per heavy atom. The van der Waals surface area contributed by atoms with E-state index in [1.54, 1.807) is 6.08 Å². The third-order valence-electron chi connectivity index (χ3n) is 1.74. The van der Waals surface area contributed by atoms with Crippen molar-refractivity contribution in [2.75, 3.05) is 6.54 Å². The average Bonchev–Trinajstić information content (AvgIpc) is 2.27. The first-order valence-corrected chi connectivity index (χ1v) is 5.00. The highest BCUT2D eigenvalue weighted by Gasteiger charge is 2.06. The van der Waals surface area contributed by atoms with Crippen LogP contribution in [0.1, 0.15) is 10.4 Å². The maximum absolute atomic E-state index is 12.6. The Balaban J connectivity index is 2.55. The van der Waals surface area contributed by atoms with Crippen LogP contribution in [0.15, 0.2) is 36.9 Å². The predicted molar refractivity (Wildman–Crippen MR) is 64.7 cm³/mol. The molecule has 3 nitrogen and oxygen atoms in total. The molecule has 1 rings (SSSR count). The van der Waals surface area contributed by atoms with Gasteiger partial charge >= 0.3 is 0 Å². The van der Waals surface area contributed by atoms with Gasteiger partial charge in [-0.2, -0.15) is 0 Å². The van der Waals surface area contributed by atoms with Crippen molar-refractivity contribution >= 4 is 23.2 Å². The zero-order valence-corrected chi connectivity index (χ0v) is 9.31. The van der Waals surface area contributed by atoms with Crippen LogP contribution >= 0.6 is 12.2 Å². The smallest absolute Gasteiger partial charge is 0.257 e. The van der Waals surface area contributed by atoms with Crippen LogP contribution in [0.3, 0.4) is 0 Å². The molecule has 0 radical (unpaired) electrons. The largest absolute Gasteiger partial charge is 0.359 e. The molecule has 0 aliphatic rings. The summed E-state index contributed by atoms with van der Waals surface area (Å²) in [4.78, 5) is 11.5. The fourth-order valence-electron chi connectivity index (χ4n) is 0.986. The number of nitrogens with one attached hydrogen (secondary N) is 2. The molecule has 0 saturated heterocycles. The Morgan fingerprint density at radius 2 is 2.06 bits per heavy atom. The molecule has 1 aromatic rings. The summed E-state index contributed by atoms with van der Waals surface area (Å²) in [6.45, 7) is 3.98. The van der Waals surface area contributed by atoms with Crippen molar-refractivity contribution in [1.29, 1.82) is 0 Å². The number of amides is 1. The van der Waals surface area contributed by atoms with E-state index in [0.29, 0.717) is 12.1 Å². The molecule has 5 heteroatoms. The van der Waals surface area contributed by atoms with E-state index in [9.17, 15) is 9.18 Å². The number of benzene rings is 1. The van der Waals surface area contributed by atoms with Gasteiger partial charge in [-0.1, -0.05) is 6.08 Å². The van der Waals surface area contributed by atoms with E-state index >= 15 is 0 Å². The number of hydrogen-bond acceptors (Lipinski definition) is 2. The van der Waals surface area contributed by atoms with Crippen LogP contribution in [0, 0.1) is 5.82 Å². The fraction of sp³-hybridized carbons (Fsp3) is 0.0909. The van der Waals surface area contributed by atoms with Gasteiger partial charge in [-0.05, 0) is 36.5 Å². The van der Waals surface area contributed by atoms with E-state index in [-0.39, 0.29) is 16.8 Å². The van der Waals surface area contributed by atoms with Crippen LogP contribution in [0.2, 0.25) is 0 Å². The SMILES string of the molecule is C=CCNC(=S)NC(=O)c1ccc(F)cc1. The zero-order valence-electron chi connectivity index (χ0n) is 8.50. The highest BCUT2D eigenvalue weighted by atomic mass is 32.1. The second-order valence-corrected chi connectivity index (χ2v) is 3.37. The number of halogens is 1. The van der Waals surface area contributed by atoms with Crippen molar-refractivity contribution in [2.45, 2.75) is 0 Å². The van der Waals surface area contributed by atoms with E-state index in [2.05, 4.69) is 17.2 Å². The topological polar surface area (TPSA) is 41.1 Å². The van der Waals surface area contributed by atoms with Crippen molar-refractivity contribution in [3.8, 4) is 0 Å². The molecule has 1 amide bonds. The average molecular weight is 238 g/mol. The molecule has 0 fully saturated rings. The molecule has 84 valence electrons. The standard InChI is InChI=1S/C11H11FN2OS/c1-2-7-13-11(16)14-10(15)8-3-5-9(12)6-4-8/h2-6H,1,7H2,(H2,13,14,15,16). The molecule has 1 aromatic carbocycles. The first kappa shape index (κ1) is 12.3. The van der Waals surface area contributed by atoms with Gasteiger partial charge in [-0.3, -0.25) is 10.1 Å². The quantitative estimate of drug-likeness (QED) is 0.621. The van der Waals surface area contributed by atoms with Crippen LogP contribution in [0.4, 0.5) is 4.39 Å². The summed E-state index contributed by atoms with van der Waals surface area (Å²) < 4.78 is 12.6. The Kier molecular flexibility index (Phi) is 4.60. The lowest BCUT2D eigenvalue weighted by molar-refractivity contribution is 0.0976. The van der Waals surface area contributed by atoms with Gasteiger partial charge in [0, 0.05) is 12.1 Å². The van der Waals surface area contributed by atoms with E-state index in [1.165, 1.54) is 24.3 Å². The Bertz CT molecular complexity index is 403. The molecule has 2 N–H and O–H groups in total. The van der Waals surface area contributed by atoms with Crippen molar-refractivity contribution in [3.05, 3.63) is 48.3 Å². The van der Waals surface area contributed by atoms with E-state index in [4.69, 9.17) is 12.2 Å². The number of hydrogen-bond donors (Lipinski definition) is 2. The Morgan fingerprint density at radius 3 is 2.62 bits per heavy atom. The second-order valence-electron chi connectivity index (χ2n) is 2.96. The van der Waals surface area contributed by atoms with Gasteiger partial charge in [0.1, 0.15) is 5.82 Å². The van der Waals surface area contributed by atoms with Crippen molar-refractivity contribution in [2.24, 2.45) is 0 Å². The van der Waals surface area contributed by atoms with Crippen LogP contribution in [0.5, 0.6) is 0 Å². The normalized spacial score (nSPS) is 9.31. The molecule has 0 saturated carbocycles. The van der Waals surface area contributed by atoms with Crippen molar-refractivity contribution in [3.63, 3.8) is 0 Å². The number of carbonyl (C=O) groups excluding carboxylic acids is 1. The monoisotopic (exact) mass is 238 g/mol. The Labute approximate surface area is 98.4 Å². The lowest BCUT2D eigenvalue weighted by atomic mass is 10.2. The third kappa shape index (κ3) is 3.78. The van der Waals surface area contributed by atoms with Crippen LogP contribution in [-0.4, -0.2) is 17.6 Å². The molecule has 0 aliphatic carbocycles. The van der Waals surface area contributed by atoms with E-state index in [1.807, 2.05) is 0 Å². The molecule has 0 atom stereocenters. The zero-order chi connectivity index (χ0) is 12.0. The highest BCUT2D eigenvalue weighted by molar-refractivity contribution is 7.80. The van der Waals surface area contributed by atoms with Gasteiger partial charge < -0.3 is 5.32 Å². The summed E-state index contributed by atoms with van der Waals surface area (Å²) in [5, 5.41) is 5.43. The summed E-state index contributed by atoms with van der Waals surface area (Å²) in [5.74, 6) is -0.759. The molecule has 0 aromatic heterocycles. The summed E-state index contributed by atoms with van der Waals surface area (Å²) in [6.07, 6.45) is 1.62. The number of carbonyl (C=O) groups is 1. The minimum absolute atomic E-state index is 0.217. The predicted octanol–water partition coefficient (Wildman–Crippen LogP) is 1.62. The fourth-order valence-corrected chi connectivity index (χ4v) is 1.16. The van der Waals surface area contributed by atoms with Gasteiger partial charge in [0.15, 0.2) is 5.11 Å². The van der Waals surface area contributed by atoms with Gasteiger partial charge in [-0.15, -0.1) is 6.58 Å². The molecular formula is C11H11FN2OS. The molecule has 0 spiro atoms. The lowest BCUT2D eigenvalue weighted by Crippen LogP contribution is -2.39. The first-order valence-electron chi connectivity index (χ1n) is 4.59. The molecule has 0 aliphatic heterocycles. The van der Waals surface area contributed by atoms with Crippen LogP contribution in [-0.2, 0) is 0 Å². The highest BCUT2D eigenvalue weighted by Crippen LogP contribution is 2.02. The molecule has 16 heavy (non-hydrogen) atoms. The summed E-state index contributed by atoms with van der Waals surface area (Å²) in [7, 11) is 0. The molecule has 0 bridgehead atoms. The Hall–Kier alpha value is -1.75. The van der Waals surface area contributed by atoms with Gasteiger partial charge in [0.05, 0.1) is 0 Å². The maximum Gasteiger partial charge on any atom is 0.257 e. The van der Waals surface area contributed by atoms with E-state index in [0.717, 1.165) is 0 Å². The molecule has 0 unspecified atom stereocenters. The van der Waals surface area contributed by atoms with Gasteiger partial charge in [-0.25, -0.2) is 4.39 Å². The van der Waals surface area contributed by atoms with Crippen LogP contribution in [0.25, 0.3) is 0 Å². The second kappa shape index (κ2) is 5.97. The summed E-state index contributed by atoms with van der Waals surface area (Å²) >= 11 is 4.86. The summed E-state index contributed by atoms with van der Waals surface area (Å²) in [6, 6.07) is 5.21. The third-order valence-corrected chi connectivity index (χ3v) is 1.99. The number of thiocarbonyl (C=S) groups is 1. The van der Waals surface area contributed by atoms with Gasteiger partial charge in [0.2, 0.25) is 0 Å². The van der Waals surface area contributed by atoms with E-state index < -0.39 is 0 Å². The lowest BCUT2D eigenvalue weighted by Gasteiger charge is -2.07. The van der Waals surface area contributed by atoms with Crippen molar-refractivity contribution in [1.82, 2.24) is 10.6 Å². The molecule has 0 heterocycles. The maximum atomic E-state index is 12.6. The minimum atomic E-state index is -0.385. The van der Waals surface area contributed by atoms with Gasteiger partial charge in [0.25, 0.3) is 5.91 Å². The molecular weight excluding hydrogens is 227 g/mol. The minimum Gasteiger partial charge on any atom is -0.359 e. The first-order chi connectivity index (χ1) is 7.63. The van der Waals surface area contributed by atoms with Crippen molar-refractivity contribution < 1.29 is 9.18 Å².